The van der Waals surface area contributed by atoms with Gasteiger partial charge in [0.2, 0.25) is 5.91 Å². The Morgan fingerprint density at radius 3 is 2.53 bits per heavy atom. The van der Waals surface area contributed by atoms with E-state index in [9.17, 15) is 9.59 Å². The van der Waals surface area contributed by atoms with Crippen LogP contribution in [0.5, 0.6) is 0 Å². The topological polar surface area (TPSA) is 55.4 Å². The molecule has 0 heterocycles. The van der Waals surface area contributed by atoms with Crippen LogP contribution < -0.4 is 5.32 Å². The number of esters is 1. The second-order valence-electron chi connectivity index (χ2n) is 4.93. The lowest BCUT2D eigenvalue weighted by Crippen LogP contribution is -2.44. The molecule has 0 radical (unpaired) electrons. The van der Waals surface area contributed by atoms with Crippen LogP contribution in [0.15, 0.2) is 24.3 Å². The van der Waals surface area contributed by atoms with Crippen molar-refractivity contribution >= 4 is 11.9 Å². The number of ether oxygens (including phenoxy) is 1. The van der Waals surface area contributed by atoms with E-state index in [0.29, 0.717) is 6.42 Å². The van der Waals surface area contributed by atoms with E-state index in [1.807, 2.05) is 31.2 Å². The molecular weight excluding hydrogens is 242 g/mol. The van der Waals surface area contributed by atoms with Crippen LogP contribution in [0.3, 0.4) is 0 Å². The highest BCUT2D eigenvalue weighted by atomic mass is 16.5. The van der Waals surface area contributed by atoms with Crippen LogP contribution >= 0.6 is 0 Å². The van der Waals surface area contributed by atoms with Crippen molar-refractivity contribution in [2.75, 3.05) is 7.11 Å². The predicted molar refractivity (Wildman–Crippen MR) is 73.7 cm³/mol. The largest absolute Gasteiger partial charge is 0.467 e. The number of nitrogens with one attached hydrogen (secondary N) is 1. The van der Waals surface area contributed by atoms with Gasteiger partial charge in [-0.2, -0.15) is 0 Å². The molecule has 0 saturated carbocycles. The van der Waals surface area contributed by atoms with Crippen molar-refractivity contribution in [1.82, 2.24) is 5.32 Å². The Bertz CT molecular complexity index is 454. The molecule has 0 unspecified atom stereocenters. The molecular formula is C15H21NO3. The molecule has 1 aromatic carbocycles. The highest BCUT2D eigenvalue weighted by Crippen LogP contribution is 2.08. The quantitative estimate of drug-likeness (QED) is 0.825. The standard InChI is InChI=1S/C15H21NO3/c1-10(2)14(17)16-13(15(18)19-4)9-12-7-5-6-11(3)8-12/h5-8,10,13H,9H2,1-4H3,(H,16,17)/t13-/m0/s1. The number of carbonyl (C=O) groups is 2. The summed E-state index contributed by atoms with van der Waals surface area (Å²) in [6, 6.07) is 7.22. The first kappa shape index (κ1) is 15.2. The van der Waals surface area contributed by atoms with Crippen molar-refractivity contribution in [3.63, 3.8) is 0 Å². The van der Waals surface area contributed by atoms with E-state index in [1.165, 1.54) is 7.11 Å². The molecule has 0 aromatic heterocycles. The molecule has 0 spiro atoms. The van der Waals surface area contributed by atoms with Crippen molar-refractivity contribution in [2.45, 2.75) is 33.2 Å². The third-order valence-electron chi connectivity index (χ3n) is 2.85. The minimum atomic E-state index is -0.637. The zero-order chi connectivity index (χ0) is 14.4. The molecule has 1 rings (SSSR count). The van der Waals surface area contributed by atoms with E-state index in [4.69, 9.17) is 4.74 Å². The zero-order valence-corrected chi connectivity index (χ0v) is 11.9. The van der Waals surface area contributed by atoms with Crippen LogP contribution in [-0.4, -0.2) is 25.0 Å². The van der Waals surface area contributed by atoms with Gasteiger partial charge in [0.15, 0.2) is 0 Å². The van der Waals surface area contributed by atoms with E-state index < -0.39 is 12.0 Å². The molecule has 0 saturated heterocycles. The van der Waals surface area contributed by atoms with Gasteiger partial charge in [-0.3, -0.25) is 4.79 Å². The Hall–Kier alpha value is -1.84. The maximum absolute atomic E-state index is 11.7. The van der Waals surface area contributed by atoms with Crippen molar-refractivity contribution < 1.29 is 14.3 Å². The number of carbonyl (C=O) groups excluding carboxylic acids is 2. The molecule has 0 bridgehead atoms. The normalized spacial score (nSPS) is 12.1. The van der Waals surface area contributed by atoms with Gasteiger partial charge in [-0.1, -0.05) is 43.7 Å². The Morgan fingerprint density at radius 2 is 2.00 bits per heavy atom. The summed E-state index contributed by atoms with van der Waals surface area (Å²) in [7, 11) is 1.33. The Kier molecular flexibility index (Phi) is 5.55. The molecule has 1 atom stereocenters. The summed E-state index contributed by atoms with van der Waals surface area (Å²) in [5.74, 6) is -0.733. The summed E-state index contributed by atoms with van der Waals surface area (Å²) in [5.41, 5.74) is 2.12. The number of rotatable bonds is 5. The number of hydrogen-bond donors (Lipinski definition) is 1. The van der Waals surface area contributed by atoms with Crippen molar-refractivity contribution in [2.24, 2.45) is 5.92 Å². The summed E-state index contributed by atoms with van der Waals surface area (Å²) < 4.78 is 4.74. The number of aryl methyl sites for hydroxylation is 1. The van der Waals surface area contributed by atoms with E-state index in [1.54, 1.807) is 13.8 Å². The van der Waals surface area contributed by atoms with Gasteiger partial charge >= 0.3 is 5.97 Å². The molecule has 4 nitrogen and oxygen atoms in total. The second-order valence-corrected chi connectivity index (χ2v) is 4.93. The lowest BCUT2D eigenvalue weighted by molar-refractivity contribution is -0.145. The molecule has 19 heavy (non-hydrogen) atoms. The van der Waals surface area contributed by atoms with E-state index in [-0.39, 0.29) is 11.8 Å². The van der Waals surface area contributed by atoms with Crippen LogP contribution in [-0.2, 0) is 20.7 Å². The number of amides is 1. The molecule has 0 aliphatic heterocycles. The van der Waals surface area contributed by atoms with Crippen LogP contribution in [0.1, 0.15) is 25.0 Å². The molecule has 4 heteroatoms. The Morgan fingerprint density at radius 1 is 1.32 bits per heavy atom. The predicted octanol–water partition coefficient (Wildman–Crippen LogP) is 1.85. The third-order valence-corrected chi connectivity index (χ3v) is 2.85. The van der Waals surface area contributed by atoms with Crippen LogP contribution in [0.25, 0.3) is 0 Å². The molecule has 0 fully saturated rings. The molecule has 104 valence electrons. The number of benzene rings is 1. The molecule has 1 aromatic rings. The average Bonchev–Trinajstić information content (AvgIpc) is 2.36. The van der Waals surface area contributed by atoms with E-state index >= 15 is 0 Å². The summed E-state index contributed by atoms with van der Waals surface area (Å²) in [6.45, 7) is 5.57. The van der Waals surface area contributed by atoms with Crippen LogP contribution in [0.2, 0.25) is 0 Å². The van der Waals surface area contributed by atoms with Crippen molar-refractivity contribution in [1.29, 1.82) is 0 Å². The summed E-state index contributed by atoms with van der Waals surface area (Å²) >= 11 is 0. The second kappa shape index (κ2) is 6.92. The smallest absolute Gasteiger partial charge is 0.328 e. The van der Waals surface area contributed by atoms with Gasteiger partial charge in [0.1, 0.15) is 6.04 Å². The SMILES string of the molecule is COC(=O)[C@H](Cc1cccc(C)c1)NC(=O)C(C)C. The summed E-state index contributed by atoms with van der Waals surface area (Å²) in [5, 5.41) is 2.72. The third kappa shape index (κ3) is 4.73. The molecule has 0 aliphatic carbocycles. The Labute approximate surface area is 114 Å². The van der Waals surface area contributed by atoms with Gasteiger partial charge in [-0.25, -0.2) is 4.79 Å². The maximum atomic E-state index is 11.7. The van der Waals surface area contributed by atoms with Gasteiger partial charge in [0.05, 0.1) is 7.11 Å². The molecule has 1 N–H and O–H groups in total. The molecule has 0 aliphatic rings. The fourth-order valence-corrected chi connectivity index (χ4v) is 1.75. The summed E-state index contributed by atoms with van der Waals surface area (Å²) in [4.78, 5) is 23.4. The number of hydrogen-bond acceptors (Lipinski definition) is 3. The lowest BCUT2D eigenvalue weighted by atomic mass is 10.0. The Balaban J connectivity index is 2.80. The van der Waals surface area contributed by atoms with Gasteiger partial charge < -0.3 is 10.1 Å². The van der Waals surface area contributed by atoms with Gasteiger partial charge in [0, 0.05) is 12.3 Å². The minimum Gasteiger partial charge on any atom is -0.467 e. The minimum absolute atomic E-state index is 0.150. The highest BCUT2D eigenvalue weighted by Gasteiger charge is 2.22. The maximum Gasteiger partial charge on any atom is 0.328 e. The first-order chi connectivity index (χ1) is 8.93. The zero-order valence-electron chi connectivity index (χ0n) is 11.9. The fourth-order valence-electron chi connectivity index (χ4n) is 1.75. The van der Waals surface area contributed by atoms with E-state index in [0.717, 1.165) is 11.1 Å². The average molecular weight is 263 g/mol. The fraction of sp³-hybridized carbons (Fsp3) is 0.467. The van der Waals surface area contributed by atoms with Gasteiger partial charge in [0.25, 0.3) is 0 Å². The van der Waals surface area contributed by atoms with E-state index in [2.05, 4.69) is 5.32 Å². The summed E-state index contributed by atoms with van der Waals surface area (Å²) in [6.07, 6.45) is 0.437. The van der Waals surface area contributed by atoms with Crippen molar-refractivity contribution in [3.8, 4) is 0 Å². The lowest BCUT2D eigenvalue weighted by Gasteiger charge is -2.18. The van der Waals surface area contributed by atoms with Gasteiger partial charge in [-0.15, -0.1) is 0 Å². The highest BCUT2D eigenvalue weighted by molar-refractivity contribution is 5.85. The first-order valence-corrected chi connectivity index (χ1v) is 6.37. The first-order valence-electron chi connectivity index (χ1n) is 6.37. The monoisotopic (exact) mass is 263 g/mol. The van der Waals surface area contributed by atoms with Crippen LogP contribution in [0.4, 0.5) is 0 Å². The van der Waals surface area contributed by atoms with Crippen molar-refractivity contribution in [3.05, 3.63) is 35.4 Å². The van der Waals surface area contributed by atoms with Gasteiger partial charge in [-0.05, 0) is 12.5 Å². The number of methoxy groups -OCH3 is 1. The van der Waals surface area contributed by atoms with Crippen LogP contribution in [0, 0.1) is 12.8 Å². The molecule has 1 amide bonds.